The van der Waals surface area contributed by atoms with Gasteiger partial charge in [0.1, 0.15) is 4.90 Å². The molecule has 1 aromatic rings. The van der Waals surface area contributed by atoms with Crippen molar-refractivity contribution < 1.29 is 21.6 Å². The molecule has 1 N–H and O–H groups in total. The zero-order chi connectivity index (χ0) is 13.8. The van der Waals surface area contributed by atoms with Crippen LogP contribution in [0.15, 0.2) is 23.1 Å². The molecule has 0 radical (unpaired) electrons. The zero-order valence-electron chi connectivity index (χ0n) is 9.74. The molecular formula is C11H11F3N2O2S. The molecule has 3 rings (SSSR count). The van der Waals surface area contributed by atoms with E-state index in [2.05, 4.69) is 4.72 Å². The number of halogens is 3. The molecule has 0 saturated heterocycles. The summed E-state index contributed by atoms with van der Waals surface area (Å²) in [6.07, 6.45) is -2.94. The van der Waals surface area contributed by atoms with Crippen molar-refractivity contribution in [2.24, 2.45) is 0 Å². The Morgan fingerprint density at radius 3 is 2.53 bits per heavy atom. The highest BCUT2D eigenvalue weighted by Gasteiger charge is 2.43. The van der Waals surface area contributed by atoms with Gasteiger partial charge < -0.3 is 4.90 Å². The van der Waals surface area contributed by atoms with E-state index in [0.717, 1.165) is 18.9 Å². The second kappa shape index (κ2) is 3.86. The van der Waals surface area contributed by atoms with Crippen LogP contribution in [-0.2, 0) is 16.2 Å². The number of nitrogens with one attached hydrogen (secondary N) is 1. The summed E-state index contributed by atoms with van der Waals surface area (Å²) in [5.41, 5.74) is -0.959. The van der Waals surface area contributed by atoms with Crippen molar-refractivity contribution >= 4 is 15.7 Å². The molecular weight excluding hydrogens is 281 g/mol. The molecule has 0 amide bonds. The Bertz CT molecular complexity index is 623. The number of nitrogens with zero attached hydrogens (tertiary/aromatic N) is 1. The Balaban J connectivity index is 2.24. The minimum absolute atomic E-state index is 0.0291. The van der Waals surface area contributed by atoms with Crippen molar-refractivity contribution in [2.45, 2.75) is 30.0 Å². The van der Waals surface area contributed by atoms with Crippen molar-refractivity contribution in [3.8, 4) is 0 Å². The number of alkyl halides is 3. The third-order valence-electron chi connectivity index (χ3n) is 3.29. The van der Waals surface area contributed by atoms with Crippen LogP contribution in [0.1, 0.15) is 18.4 Å². The molecule has 0 spiro atoms. The van der Waals surface area contributed by atoms with Crippen LogP contribution in [0, 0.1) is 0 Å². The van der Waals surface area contributed by atoms with E-state index in [1.54, 1.807) is 4.90 Å². The normalized spacial score (nSPS) is 22.2. The van der Waals surface area contributed by atoms with Crippen LogP contribution in [-0.4, -0.2) is 21.1 Å². The van der Waals surface area contributed by atoms with Gasteiger partial charge in [-0.3, -0.25) is 0 Å². The molecule has 2 aliphatic rings. The molecule has 1 aliphatic heterocycles. The molecule has 1 aromatic carbocycles. The molecule has 8 heteroatoms. The number of fused-ring (bicyclic) bond motifs is 1. The standard InChI is InChI=1S/C11H11F3N2O2S/c12-11(13,14)8-2-1-3-9-10(8)19(17,18)15-6-16(9)7-4-5-7/h1-3,7,15H,4-6H2. The van der Waals surface area contributed by atoms with Gasteiger partial charge in [-0.2, -0.15) is 17.9 Å². The quantitative estimate of drug-likeness (QED) is 0.860. The second-order valence-corrected chi connectivity index (χ2v) is 6.36. The molecule has 1 aliphatic carbocycles. The molecule has 0 bridgehead atoms. The Morgan fingerprint density at radius 2 is 1.95 bits per heavy atom. The third kappa shape index (κ3) is 2.08. The van der Waals surface area contributed by atoms with Gasteiger partial charge >= 0.3 is 6.18 Å². The van der Waals surface area contributed by atoms with Gasteiger partial charge in [-0.05, 0) is 25.0 Å². The van der Waals surface area contributed by atoms with Gasteiger partial charge in [0.15, 0.2) is 0 Å². The monoisotopic (exact) mass is 292 g/mol. The van der Waals surface area contributed by atoms with Crippen molar-refractivity contribution in [3.63, 3.8) is 0 Å². The fraction of sp³-hybridized carbons (Fsp3) is 0.455. The van der Waals surface area contributed by atoms with Gasteiger partial charge in [0.25, 0.3) is 0 Å². The lowest BCUT2D eigenvalue weighted by Gasteiger charge is -2.32. The fourth-order valence-electron chi connectivity index (χ4n) is 2.28. The summed E-state index contributed by atoms with van der Waals surface area (Å²) in [6, 6.07) is 3.61. The summed E-state index contributed by atoms with van der Waals surface area (Å²) in [5, 5.41) is 0. The van der Waals surface area contributed by atoms with Gasteiger partial charge in [0.05, 0.1) is 17.9 Å². The SMILES string of the molecule is O=S1(=O)NCN(C2CC2)c2cccc(C(F)(F)F)c21. The zero-order valence-corrected chi connectivity index (χ0v) is 10.6. The van der Waals surface area contributed by atoms with Gasteiger partial charge in [0.2, 0.25) is 10.0 Å². The molecule has 0 atom stereocenters. The van der Waals surface area contributed by atoms with Crippen molar-refractivity contribution in [1.29, 1.82) is 0 Å². The maximum absolute atomic E-state index is 13.0. The Kier molecular flexibility index (Phi) is 2.59. The minimum atomic E-state index is -4.69. The summed E-state index contributed by atoms with van der Waals surface area (Å²) in [6.45, 7) is 0.0291. The van der Waals surface area contributed by atoms with E-state index in [9.17, 15) is 21.6 Å². The van der Waals surface area contributed by atoms with Crippen LogP contribution in [0.3, 0.4) is 0 Å². The largest absolute Gasteiger partial charge is 0.417 e. The molecule has 19 heavy (non-hydrogen) atoms. The number of sulfonamides is 1. The minimum Gasteiger partial charge on any atom is -0.354 e. The lowest BCUT2D eigenvalue weighted by atomic mass is 10.1. The van der Waals surface area contributed by atoms with Crippen LogP contribution in [0.2, 0.25) is 0 Å². The Morgan fingerprint density at radius 1 is 1.26 bits per heavy atom. The first-order valence-corrected chi connectivity index (χ1v) is 7.25. The highest BCUT2D eigenvalue weighted by Crippen LogP contribution is 2.43. The Labute approximate surface area is 108 Å². The lowest BCUT2D eigenvalue weighted by molar-refractivity contribution is -0.139. The van der Waals surface area contributed by atoms with Gasteiger partial charge in [-0.15, -0.1) is 0 Å². The Hall–Kier alpha value is -1.28. The number of anilines is 1. The van der Waals surface area contributed by atoms with Gasteiger partial charge in [-0.25, -0.2) is 8.42 Å². The van der Waals surface area contributed by atoms with Gasteiger partial charge in [0, 0.05) is 6.04 Å². The summed E-state index contributed by atoms with van der Waals surface area (Å²) in [5.74, 6) is 0. The molecule has 0 unspecified atom stereocenters. The average molecular weight is 292 g/mol. The van der Waals surface area contributed by atoms with Crippen molar-refractivity contribution in [2.75, 3.05) is 11.6 Å². The first kappa shape index (κ1) is 12.7. The molecule has 1 fully saturated rings. The van der Waals surface area contributed by atoms with Crippen LogP contribution >= 0.6 is 0 Å². The fourth-order valence-corrected chi connectivity index (χ4v) is 3.67. The highest BCUT2D eigenvalue weighted by atomic mass is 32.2. The predicted octanol–water partition coefficient (Wildman–Crippen LogP) is 1.92. The molecule has 4 nitrogen and oxygen atoms in total. The van der Waals surface area contributed by atoms with Crippen molar-refractivity contribution in [3.05, 3.63) is 23.8 Å². The highest BCUT2D eigenvalue weighted by molar-refractivity contribution is 7.89. The van der Waals surface area contributed by atoms with E-state index in [-0.39, 0.29) is 18.4 Å². The molecule has 0 aromatic heterocycles. The van der Waals surface area contributed by atoms with E-state index in [1.807, 2.05) is 0 Å². The number of rotatable bonds is 1. The number of hydrogen-bond acceptors (Lipinski definition) is 3. The molecule has 1 saturated carbocycles. The third-order valence-corrected chi connectivity index (χ3v) is 4.77. The van der Waals surface area contributed by atoms with E-state index in [0.29, 0.717) is 0 Å². The van der Waals surface area contributed by atoms with Crippen LogP contribution < -0.4 is 9.62 Å². The number of benzene rings is 1. The van der Waals surface area contributed by atoms with Crippen molar-refractivity contribution in [1.82, 2.24) is 4.72 Å². The summed E-state index contributed by atoms with van der Waals surface area (Å²) < 4.78 is 64.8. The van der Waals surface area contributed by atoms with E-state index in [1.165, 1.54) is 12.1 Å². The van der Waals surface area contributed by atoms with Crippen LogP contribution in [0.5, 0.6) is 0 Å². The smallest absolute Gasteiger partial charge is 0.354 e. The van der Waals surface area contributed by atoms with E-state index < -0.39 is 26.7 Å². The summed E-state index contributed by atoms with van der Waals surface area (Å²) in [4.78, 5) is 1.03. The van der Waals surface area contributed by atoms with Crippen LogP contribution in [0.4, 0.5) is 18.9 Å². The molecule has 104 valence electrons. The first-order chi connectivity index (χ1) is 8.81. The summed E-state index contributed by atoms with van der Waals surface area (Å²) >= 11 is 0. The first-order valence-electron chi connectivity index (χ1n) is 5.77. The topological polar surface area (TPSA) is 49.4 Å². The summed E-state index contributed by atoms with van der Waals surface area (Å²) in [7, 11) is -4.11. The van der Waals surface area contributed by atoms with Crippen LogP contribution in [0.25, 0.3) is 0 Å². The predicted molar refractivity (Wildman–Crippen MR) is 62.1 cm³/mol. The number of hydrogen-bond donors (Lipinski definition) is 1. The maximum atomic E-state index is 13.0. The maximum Gasteiger partial charge on any atom is 0.417 e. The lowest BCUT2D eigenvalue weighted by Crippen LogP contribution is -2.45. The average Bonchev–Trinajstić information content (AvgIpc) is 3.11. The van der Waals surface area contributed by atoms with E-state index >= 15 is 0 Å². The van der Waals surface area contributed by atoms with Gasteiger partial charge in [-0.1, -0.05) is 6.07 Å². The second-order valence-electron chi connectivity index (χ2n) is 4.66. The van der Waals surface area contributed by atoms with E-state index in [4.69, 9.17) is 0 Å². The molecule has 1 heterocycles.